The van der Waals surface area contributed by atoms with Crippen LogP contribution in [-0.4, -0.2) is 61.2 Å². The molecular formula is C13H18F5NO4S. The van der Waals surface area contributed by atoms with Gasteiger partial charge in [0.1, 0.15) is 6.54 Å². The molecule has 140 valence electrons. The van der Waals surface area contributed by atoms with Crippen LogP contribution in [0.15, 0.2) is 30.3 Å². The van der Waals surface area contributed by atoms with Gasteiger partial charge in [0.25, 0.3) is 0 Å². The number of alkyl halides is 5. The van der Waals surface area contributed by atoms with Gasteiger partial charge in [-0.1, -0.05) is 30.3 Å². The number of benzene rings is 1. The largest absolute Gasteiger partial charge is 0.743 e. The number of nitrogens with zero attached hydrogens (tertiary/aromatic N) is 1. The Balaban J connectivity index is 0.000000446. The molecule has 0 aliphatic carbocycles. The van der Waals surface area contributed by atoms with Crippen LogP contribution in [0.5, 0.6) is 0 Å². The Kier molecular flexibility index (Phi) is 7.30. The van der Waals surface area contributed by atoms with Crippen molar-refractivity contribution in [3.63, 3.8) is 0 Å². The Labute approximate surface area is 136 Å². The van der Waals surface area contributed by atoms with E-state index < -0.39 is 27.7 Å². The van der Waals surface area contributed by atoms with Crippen LogP contribution >= 0.6 is 0 Å². The molecule has 0 heterocycles. The summed E-state index contributed by atoms with van der Waals surface area (Å²) in [5.41, 5.74) is 1.40. The molecule has 1 aromatic carbocycles. The maximum atomic E-state index is 12.0. The van der Waals surface area contributed by atoms with Crippen LogP contribution in [0.1, 0.15) is 5.56 Å². The van der Waals surface area contributed by atoms with E-state index in [2.05, 4.69) is 51.5 Å². The molecule has 0 amide bonds. The van der Waals surface area contributed by atoms with Crippen molar-refractivity contribution in [2.45, 2.75) is 24.1 Å². The van der Waals surface area contributed by atoms with Crippen molar-refractivity contribution >= 4 is 10.1 Å². The Morgan fingerprint density at radius 2 is 1.54 bits per heavy atom. The lowest BCUT2D eigenvalue weighted by Gasteiger charge is -2.29. The van der Waals surface area contributed by atoms with Crippen LogP contribution in [0.3, 0.4) is 0 Å². The summed E-state index contributed by atoms with van der Waals surface area (Å²) in [4.78, 5) is 0. The van der Waals surface area contributed by atoms with Crippen molar-refractivity contribution in [1.82, 2.24) is 0 Å². The lowest BCUT2D eigenvalue weighted by molar-refractivity contribution is -0.884. The Morgan fingerprint density at radius 1 is 1.12 bits per heavy atom. The van der Waals surface area contributed by atoms with Crippen LogP contribution in [0.25, 0.3) is 0 Å². The Bertz CT molecular complexity index is 615. The van der Waals surface area contributed by atoms with Crippen molar-refractivity contribution in [3.8, 4) is 0 Å². The zero-order chi connectivity index (χ0) is 19.4. The third-order valence-corrected chi connectivity index (χ3v) is 3.43. The smallest absolute Gasteiger partial charge is 0.397 e. The van der Waals surface area contributed by atoms with Crippen molar-refractivity contribution < 1.29 is 44.5 Å². The number of hydrogen-bond acceptors (Lipinski definition) is 4. The molecule has 0 fully saturated rings. The number of rotatable bonds is 5. The molecule has 0 aromatic heterocycles. The van der Waals surface area contributed by atoms with Gasteiger partial charge in [-0.2, -0.15) is 13.2 Å². The number of quaternary nitrogens is 1. The van der Waals surface area contributed by atoms with Crippen molar-refractivity contribution in [3.05, 3.63) is 35.9 Å². The average molecular weight is 379 g/mol. The van der Waals surface area contributed by atoms with Crippen LogP contribution in [0.4, 0.5) is 22.0 Å². The van der Waals surface area contributed by atoms with E-state index in [1.165, 1.54) is 5.56 Å². The molecule has 0 aliphatic rings. The molecule has 1 atom stereocenters. The fourth-order valence-corrected chi connectivity index (χ4v) is 1.87. The van der Waals surface area contributed by atoms with Gasteiger partial charge in [0.2, 0.25) is 0 Å². The van der Waals surface area contributed by atoms with Crippen LogP contribution in [-0.2, 0) is 16.7 Å². The first-order chi connectivity index (χ1) is 10.5. The number of hydrogen-bond donors (Lipinski definition) is 1. The number of halogens is 5. The second-order valence-corrected chi connectivity index (χ2v) is 7.30. The zero-order valence-electron chi connectivity index (χ0n) is 13.1. The van der Waals surface area contributed by atoms with Gasteiger partial charge in [0.05, 0.1) is 21.1 Å². The average Bonchev–Trinajstić information content (AvgIpc) is 2.36. The molecule has 5 nitrogen and oxygen atoms in total. The van der Waals surface area contributed by atoms with Crippen LogP contribution in [0.2, 0.25) is 0 Å². The van der Waals surface area contributed by atoms with Gasteiger partial charge < -0.3 is 14.1 Å². The lowest BCUT2D eigenvalue weighted by atomic mass is 10.2. The predicted molar refractivity (Wildman–Crippen MR) is 74.9 cm³/mol. The van der Waals surface area contributed by atoms with Gasteiger partial charge in [0.15, 0.2) is 10.1 Å². The summed E-state index contributed by atoms with van der Waals surface area (Å²) in [5.74, 6) is -5.69. The highest BCUT2D eigenvalue weighted by molar-refractivity contribution is 7.86. The highest BCUT2D eigenvalue weighted by atomic mass is 32.2. The lowest BCUT2D eigenvalue weighted by Crippen LogP contribution is -2.54. The van der Waals surface area contributed by atoms with Gasteiger partial charge in [0, 0.05) is 5.56 Å². The molecule has 0 aliphatic heterocycles. The van der Waals surface area contributed by atoms with Gasteiger partial charge in [-0.15, -0.1) is 0 Å². The monoisotopic (exact) mass is 379 g/mol. The summed E-state index contributed by atoms with van der Waals surface area (Å²) in [6, 6.07) is 10.6. The SMILES string of the molecule is C[N+](C)(C)Cc1ccccc1.O=S(=O)([O-])C(F)(F)C(O)(F)C(F)F. The molecule has 1 rings (SSSR count). The molecule has 0 spiro atoms. The molecule has 1 N–H and O–H groups in total. The normalized spacial score (nSPS) is 15.5. The van der Waals surface area contributed by atoms with Gasteiger partial charge in [-0.05, 0) is 0 Å². The second kappa shape index (κ2) is 7.72. The fourth-order valence-electron chi connectivity index (χ4n) is 1.43. The molecule has 0 saturated carbocycles. The van der Waals surface area contributed by atoms with E-state index in [-0.39, 0.29) is 0 Å². The minimum absolute atomic E-state index is 0.990. The third-order valence-electron chi connectivity index (χ3n) is 2.51. The van der Waals surface area contributed by atoms with E-state index in [4.69, 9.17) is 5.11 Å². The summed E-state index contributed by atoms with van der Waals surface area (Å²) in [6.07, 6.45) is -4.72. The first kappa shape index (κ1) is 22.7. The summed E-state index contributed by atoms with van der Waals surface area (Å²) < 4.78 is 88.2. The molecule has 1 aromatic rings. The standard InChI is InChI=1S/C10H16N.C3H3F5O4S/c1-11(2,3)9-10-7-5-4-6-8-10;4-1(5)2(6,9)3(7,8)13(10,11)12/h4-8H,9H2,1-3H3;1,9H,(H,10,11,12)/q+1;/p-1. The second-order valence-electron chi connectivity index (χ2n) is 5.88. The fraction of sp³-hybridized carbons (Fsp3) is 0.538. The van der Waals surface area contributed by atoms with E-state index in [1.54, 1.807) is 0 Å². The molecule has 1 unspecified atom stereocenters. The maximum Gasteiger partial charge on any atom is 0.397 e. The highest BCUT2D eigenvalue weighted by Gasteiger charge is 2.65. The zero-order valence-corrected chi connectivity index (χ0v) is 13.9. The summed E-state index contributed by atoms with van der Waals surface area (Å²) in [7, 11) is -0.0892. The van der Waals surface area contributed by atoms with E-state index in [0.29, 0.717) is 0 Å². The number of aliphatic hydroxyl groups is 1. The van der Waals surface area contributed by atoms with Crippen molar-refractivity contribution in [2.75, 3.05) is 21.1 Å². The van der Waals surface area contributed by atoms with Crippen LogP contribution in [0, 0.1) is 0 Å². The van der Waals surface area contributed by atoms with Crippen molar-refractivity contribution in [2.24, 2.45) is 0 Å². The molecule has 0 saturated heterocycles. The highest BCUT2D eigenvalue weighted by Crippen LogP contribution is 2.38. The molecule has 24 heavy (non-hydrogen) atoms. The Hall–Kier alpha value is -1.30. The molecule has 0 radical (unpaired) electrons. The maximum absolute atomic E-state index is 12.0. The van der Waals surface area contributed by atoms with Gasteiger partial charge in [-0.3, -0.25) is 0 Å². The van der Waals surface area contributed by atoms with E-state index in [0.717, 1.165) is 11.0 Å². The minimum atomic E-state index is -6.69. The summed E-state index contributed by atoms with van der Waals surface area (Å²) in [5, 5.41) is 1.62. The van der Waals surface area contributed by atoms with E-state index >= 15 is 0 Å². The van der Waals surface area contributed by atoms with E-state index in [9.17, 15) is 34.9 Å². The Morgan fingerprint density at radius 3 is 1.79 bits per heavy atom. The van der Waals surface area contributed by atoms with Crippen LogP contribution < -0.4 is 0 Å². The predicted octanol–water partition coefficient (Wildman–Crippen LogP) is 1.94. The van der Waals surface area contributed by atoms with E-state index in [1.807, 2.05) is 0 Å². The molecule has 11 heteroatoms. The first-order valence-electron chi connectivity index (χ1n) is 6.39. The first-order valence-corrected chi connectivity index (χ1v) is 7.80. The minimum Gasteiger partial charge on any atom is -0.743 e. The van der Waals surface area contributed by atoms with Gasteiger partial charge in [-0.25, -0.2) is 17.2 Å². The summed E-state index contributed by atoms with van der Waals surface area (Å²) >= 11 is 0. The molecular weight excluding hydrogens is 361 g/mol. The third kappa shape index (κ3) is 6.30. The topological polar surface area (TPSA) is 77.4 Å². The quantitative estimate of drug-likeness (QED) is 0.482. The summed E-state index contributed by atoms with van der Waals surface area (Å²) in [6.45, 7) is 1.10. The van der Waals surface area contributed by atoms with Crippen molar-refractivity contribution in [1.29, 1.82) is 0 Å². The van der Waals surface area contributed by atoms with Gasteiger partial charge >= 0.3 is 17.5 Å². The molecule has 0 bridgehead atoms.